The van der Waals surface area contributed by atoms with Gasteiger partial charge in [-0.05, 0) is 28.1 Å². The van der Waals surface area contributed by atoms with Crippen molar-refractivity contribution in [2.45, 2.75) is 13.2 Å². The second-order valence-electron chi connectivity index (χ2n) is 2.08. The summed E-state index contributed by atoms with van der Waals surface area (Å²) in [5.74, 6) is 0. The van der Waals surface area contributed by atoms with Crippen molar-refractivity contribution in [1.29, 1.82) is 0 Å². The number of rotatable bonds is 0. The topological polar surface area (TPSA) is 49.5 Å². The molecule has 3 N–H and O–H groups in total. The van der Waals surface area contributed by atoms with Crippen molar-refractivity contribution in [1.82, 2.24) is 4.90 Å². The van der Waals surface area contributed by atoms with Gasteiger partial charge < -0.3 is 15.7 Å². The number of hydrogen-bond donors (Lipinski definition) is 2. The lowest BCUT2D eigenvalue weighted by molar-refractivity contribution is 0.203. The number of aliphatic hydroxyl groups is 1. The van der Waals surface area contributed by atoms with Crippen LogP contribution >= 0.6 is 12.4 Å². The van der Waals surface area contributed by atoms with Crippen LogP contribution in [0, 0.1) is 0 Å². The molecule has 60 valence electrons. The second-order valence-corrected chi connectivity index (χ2v) is 2.08. The first kappa shape index (κ1) is 16.1. The van der Waals surface area contributed by atoms with E-state index in [1.807, 2.05) is 26.0 Å². The van der Waals surface area contributed by atoms with Crippen LogP contribution in [-0.4, -0.2) is 37.4 Å². The predicted octanol–water partition coefficient (Wildman–Crippen LogP) is -0.117. The summed E-state index contributed by atoms with van der Waals surface area (Å²) in [6.45, 7) is 1.50. The van der Waals surface area contributed by atoms with E-state index in [1.54, 1.807) is 0 Å². The average Bonchev–Trinajstić information content (AvgIpc) is 1.25. The Balaban J connectivity index is -0.0000000720. The molecule has 0 aromatic heterocycles. The molecule has 4 heteroatoms. The van der Waals surface area contributed by atoms with Gasteiger partial charge in [0.1, 0.15) is 0 Å². The minimum Gasteiger partial charge on any atom is -0.379 e. The lowest BCUT2D eigenvalue weighted by Gasteiger charge is -1.90. The largest absolute Gasteiger partial charge is 0.379 e. The Kier molecular flexibility index (Phi) is 19.7. The Labute approximate surface area is 63.3 Å². The van der Waals surface area contributed by atoms with Crippen molar-refractivity contribution < 1.29 is 5.11 Å². The Morgan fingerprint density at radius 1 is 1.33 bits per heavy atom. The van der Waals surface area contributed by atoms with E-state index < -0.39 is 6.23 Å². The third-order valence-corrected chi connectivity index (χ3v) is 0. The molecular weight excluding hydrogens is 140 g/mol. The van der Waals surface area contributed by atoms with E-state index in [2.05, 4.69) is 5.73 Å². The number of aliphatic hydroxyl groups excluding tert-OH is 1. The zero-order valence-electron chi connectivity index (χ0n) is 6.46. The molecule has 0 aliphatic heterocycles. The molecule has 0 heterocycles. The fraction of sp³-hybridized carbons (Fsp3) is 1.00. The van der Waals surface area contributed by atoms with E-state index in [4.69, 9.17) is 5.11 Å². The minimum atomic E-state index is -0.667. The van der Waals surface area contributed by atoms with Crippen molar-refractivity contribution in [3.05, 3.63) is 0 Å². The molecule has 1 unspecified atom stereocenters. The maximum atomic E-state index is 7.83. The molecule has 0 saturated heterocycles. The van der Waals surface area contributed by atoms with Crippen LogP contribution in [-0.2, 0) is 0 Å². The van der Waals surface area contributed by atoms with Gasteiger partial charge in [0.25, 0.3) is 0 Å². The highest BCUT2D eigenvalue weighted by atomic mass is 35.5. The van der Waals surface area contributed by atoms with Gasteiger partial charge in [-0.1, -0.05) is 0 Å². The fourth-order valence-corrected chi connectivity index (χ4v) is 0. The van der Waals surface area contributed by atoms with Gasteiger partial charge in [0, 0.05) is 0 Å². The summed E-state index contributed by atoms with van der Waals surface area (Å²) >= 11 is 0. The quantitative estimate of drug-likeness (QED) is 0.481. The van der Waals surface area contributed by atoms with Gasteiger partial charge in [-0.3, -0.25) is 0 Å². The van der Waals surface area contributed by atoms with Gasteiger partial charge in [-0.15, -0.1) is 12.4 Å². The van der Waals surface area contributed by atoms with E-state index in [1.165, 1.54) is 6.92 Å². The monoisotopic (exact) mass is 156 g/mol. The van der Waals surface area contributed by atoms with Crippen LogP contribution in [0.1, 0.15) is 6.92 Å². The van der Waals surface area contributed by atoms with Gasteiger partial charge in [0.05, 0.1) is 6.23 Å². The third kappa shape index (κ3) is 10800. The van der Waals surface area contributed by atoms with Crippen LogP contribution in [0.4, 0.5) is 0 Å². The summed E-state index contributed by atoms with van der Waals surface area (Å²) in [6, 6.07) is 0. The highest BCUT2D eigenvalue weighted by Gasteiger charge is 1.68. The number of hydrogen-bond acceptors (Lipinski definition) is 3. The Bertz CT molecular complexity index is 30.4. The Hall–Kier alpha value is 0.170. The highest BCUT2D eigenvalue weighted by molar-refractivity contribution is 5.85. The maximum Gasteiger partial charge on any atom is 0.0991 e. The molecule has 0 aliphatic rings. The molecule has 0 rings (SSSR count). The fourth-order valence-electron chi connectivity index (χ4n) is 0. The molecule has 0 aliphatic carbocycles. The van der Waals surface area contributed by atoms with E-state index in [-0.39, 0.29) is 12.4 Å². The maximum absolute atomic E-state index is 7.83. The van der Waals surface area contributed by atoms with Crippen LogP contribution in [0.25, 0.3) is 0 Å². The van der Waals surface area contributed by atoms with Crippen molar-refractivity contribution in [3.63, 3.8) is 0 Å². The third-order valence-electron chi connectivity index (χ3n) is 0. The first-order valence-electron chi connectivity index (χ1n) is 2.51. The molecular formula is C5H17ClN2O. The summed E-state index contributed by atoms with van der Waals surface area (Å²) in [5, 5.41) is 7.83. The molecule has 9 heavy (non-hydrogen) atoms. The standard InChI is InChI=1S/C3H9N.C2H7NO.ClH/c1-4(2)3;1-2(3)4;/h1-3H3;2,4H,3H2,1H3;1H. The van der Waals surface area contributed by atoms with E-state index >= 15 is 0 Å². The zero-order valence-corrected chi connectivity index (χ0v) is 7.27. The predicted molar refractivity (Wildman–Crippen MR) is 42.7 cm³/mol. The number of nitrogens with two attached hydrogens (primary N) is 1. The van der Waals surface area contributed by atoms with Gasteiger partial charge in [0.2, 0.25) is 0 Å². The lowest BCUT2D eigenvalue weighted by Crippen LogP contribution is -2.11. The molecule has 1 atom stereocenters. The van der Waals surface area contributed by atoms with Gasteiger partial charge >= 0.3 is 0 Å². The van der Waals surface area contributed by atoms with Crippen molar-refractivity contribution >= 4 is 12.4 Å². The Morgan fingerprint density at radius 2 is 1.33 bits per heavy atom. The smallest absolute Gasteiger partial charge is 0.0991 e. The van der Waals surface area contributed by atoms with Crippen molar-refractivity contribution in [3.8, 4) is 0 Å². The summed E-state index contributed by atoms with van der Waals surface area (Å²) in [7, 11) is 6.00. The van der Waals surface area contributed by atoms with E-state index in [0.29, 0.717) is 0 Å². The summed E-state index contributed by atoms with van der Waals surface area (Å²) in [6.07, 6.45) is -0.667. The summed E-state index contributed by atoms with van der Waals surface area (Å²) < 4.78 is 0. The summed E-state index contributed by atoms with van der Waals surface area (Å²) in [4.78, 5) is 2.00. The van der Waals surface area contributed by atoms with Gasteiger partial charge in [0.15, 0.2) is 0 Å². The molecule has 0 bridgehead atoms. The molecule has 0 aromatic carbocycles. The van der Waals surface area contributed by atoms with Crippen LogP contribution in [0.2, 0.25) is 0 Å². The second kappa shape index (κ2) is 11.0. The molecule has 0 spiro atoms. The summed E-state index contributed by atoms with van der Waals surface area (Å²) in [5.41, 5.74) is 4.67. The molecule has 0 fully saturated rings. The van der Waals surface area contributed by atoms with Crippen LogP contribution in [0.5, 0.6) is 0 Å². The normalized spacial score (nSPS) is 11.0. The first-order valence-corrected chi connectivity index (χ1v) is 2.51. The zero-order chi connectivity index (χ0) is 7.15. The van der Waals surface area contributed by atoms with Gasteiger partial charge in [-0.2, -0.15) is 0 Å². The van der Waals surface area contributed by atoms with Crippen molar-refractivity contribution in [2.24, 2.45) is 5.73 Å². The van der Waals surface area contributed by atoms with Crippen LogP contribution in [0.3, 0.4) is 0 Å². The molecule has 0 aromatic rings. The number of nitrogens with zero attached hydrogens (tertiary/aromatic N) is 1. The lowest BCUT2D eigenvalue weighted by atomic mass is 10.7. The van der Waals surface area contributed by atoms with Crippen LogP contribution in [0.15, 0.2) is 0 Å². The van der Waals surface area contributed by atoms with E-state index in [9.17, 15) is 0 Å². The SMILES string of the molecule is CC(N)O.CN(C)C.Cl. The van der Waals surface area contributed by atoms with E-state index in [0.717, 1.165) is 0 Å². The van der Waals surface area contributed by atoms with Crippen molar-refractivity contribution in [2.75, 3.05) is 21.1 Å². The molecule has 0 amide bonds. The molecule has 0 saturated carbocycles. The number of halogens is 1. The van der Waals surface area contributed by atoms with Crippen LogP contribution < -0.4 is 5.73 Å². The van der Waals surface area contributed by atoms with Gasteiger partial charge in [-0.25, -0.2) is 0 Å². The molecule has 0 radical (unpaired) electrons. The average molecular weight is 157 g/mol. The molecule has 3 nitrogen and oxygen atoms in total. The first-order chi connectivity index (χ1) is 3.46. The highest BCUT2D eigenvalue weighted by Crippen LogP contribution is 1.50. The Morgan fingerprint density at radius 3 is 1.33 bits per heavy atom. The minimum absolute atomic E-state index is 0.